The zero-order chi connectivity index (χ0) is 24.2. The Balaban J connectivity index is 1.76. The van der Waals surface area contributed by atoms with Gasteiger partial charge in [-0.3, -0.25) is 9.69 Å². The predicted molar refractivity (Wildman–Crippen MR) is 133 cm³/mol. The third-order valence-corrected chi connectivity index (χ3v) is 5.54. The zero-order valence-electron chi connectivity index (χ0n) is 19.0. The van der Waals surface area contributed by atoms with E-state index >= 15 is 0 Å². The number of anilines is 3. The van der Waals surface area contributed by atoms with E-state index in [1.807, 2.05) is 54.6 Å². The van der Waals surface area contributed by atoms with Gasteiger partial charge in [0.1, 0.15) is 0 Å². The zero-order valence-corrected chi connectivity index (χ0v) is 19.0. The summed E-state index contributed by atoms with van der Waals surface area (Å²) in [5.41, 5.74) is 4.95. The molecule has 0 saturated carbocycles. The summed E-state index contributed by atoms with van der Waals surface area (Å²) in [6.07, 6.45) is 0. The number of hydrogen-bond donors (Lipinski definition) is 3. The van der Waals surface area contributed by atoms with Gasteiger partial charge in [-0.05, 0) is 42.0 Å². The summed E-state index contributed by atoms with van der Waals surface area (Å²) in [6, 6.07) is 21.6. The first kappa shape index (κ1) is 22.6. The Morgan fingerprint density at radius 1 is 0.941 bits per heavy atom. The number of esters is 1. The third-order valence-electron chi connectivity index (χ3n) is 5.54. The molecule has 0 atom stereocenters. The third kappa shape index (κ3) is 4.33. The molecule has 0 aliphatic carbocycles. The topological polar surface area (TPSA) is 99.8 Å². The molecular weight excluding hydrogens is 432 g/mol. The quantitative estimate of drug-likeness (QED) is 0.395. The number of benzene rings is 3. The average Bonchev–Trinajstić information content (AvgIpc) is 3.21. The molecule has 0 spiro atoms. The van der Waals surface area contributed by atoms with Crippen molar-refractivity contribution in [2.75, 3.05) is 36.7 Å². The Labute approximate surface area is 197 Å². The Morgan fingerprint density at radius 2 is 1.65 bits per heavy atom. The number of carbonyl (C=O) groups excluding carboxylic acids is 3. The Bertz CT molecular complexity index is 1280. The SMILES string of the molecule is CNC(=O)N(C)c1ccc(NC(=C2C(=O)Nc3cc(C(=O)OC)ccc32)c2ccccc2)cc1. The Hall–Kier alpha value is -4.59. The largest absolute Gasteiger partial charge is 0.465 e. The summed E-state index contributed by atoms with van der Waals surface area (Å²) in [5, 5.41) is 8.81. The molecule has 1 aliphatic heterocycles. The van der Waals surface area contributed by atoms with Crippen molar-refractivity contribution >= 4 is 46.2 Å². The number of urea groups is 1. The van der Waals surface area contributed by atoms with Gasteiger partial charge in [0.15, 0.2) is 0 Å². The first-order valence-corrected chi connectivity index (χ1v) is 10.6. The fourth-order valence-corrected chi connectivity index (χ4v) is 3.75. The van der Waals surface area contributed by atoms with Crippen LogP contribution in [0.5, 0.6) is 0 Å². The van der Waals surface area contributed by atoms with Gasteiger partial charge < -0.3 is 20.7 Å². The molecule has 0 aromatic heterocycles. The second kappa shape index (κ2) is 9.50. The lowest BCUT2D eigenvalue weighted by molar-refractivity contribution is -0.110. The highest BCUT2D eigenvalue weighted by atomic mass is 16.5. The van der Waals surface area contributed by atoms with E-state index in [1.165, 1.54) is 12.0 Å². The molecule has 172 valence electrons. The highest BCUT2D eigenvalue weighted by Gasteiger charge is 2.29. The van der Waals surface area contributed by atoms with Crippen molar-refractivity contribution in [3.63, 3.8) is 0 Å². The molecule has 34 heavy (non-hydrogen) atoms. The number of rotatable bonds is 5. The van der Waals surface area contributed by atoms with Gasteiger partial charge in [0.2, 0.25) is 0 Å². The number of amides is 3. The van der Waals surface area contributed by atoms with Crippen LogP contribution in [0.25, 0.3) is 11.3 Å². The summed E-state index contributed by atoms with van der Waals surface area (Å²) < 4.78 is 4.79. The van der Waals surface area contributed by atoms with Crippen LogP contribution in [0.3, 0.4) is 0 Å². The number of hydrogen-bond acceptors (Lipinski definition) is 5. The summed E-state index contributed by atoms with van der Waals surface area (Å²) in [4.78, 5) is 38.4. The molecule has 1 heterocycles. The molecular formula is C26H24N4O4. The minimum absolute atomic E-state index is 0.224. The molecule has 8 heteroatoms. The number of methoxy groups -OCH3 is 1. The van der Waals surface area contributed by atoms with Gasteiger partial charge in [-0.2, -0.15) is 0 Å². The van der Waals surface area contributed by atoms with Crippen molar-refractivity contribution in [2.24, 2.45) is 0 Å². The first-order chi connectivity index (χ1) is 16.4. The van der Waals surface area contributed by atoms with Crippen molar-refractivity contribution in [3.8, 4) is 0 Å². The van der Waals surface area contributed by atoms with E-state index < -0.39 is 5.97 Å². The molecule has 4 rings (SSSR count). The summed E-state index contributed by atoms with van der Waals surface area (Å²) in [6.45, 7) is 0. The number of nitrogens with one attached hydrogen (secondary N) is 3. The minimum Gasteiger partial charge on any atom is -0.465 e. The fourth-order valence-electron chi connectivity index (χ4n) is 3.75. The van der Waals surface area contributed by atoms with Crippen LogP contribution in [0.15, 0.2) is 72.8 Å². The highest BCUT2D eigenvalue weighted by Crippen LogP contribution is 2.38. The lowest BCUT2D eigenvalue weighted by atomic mass is 9.99. The Morgan fingerprint density at radius 3 is 2.29 bits per heavy atom. The van der Waals surface area contributed by atoms with E-state index in [-0.39, 0.29) is 11.9 Å². The van der Waals surface area contributed by atoms with Gasteiger partial charge in [-0.25, -0.2) is 9.59 Å². The van der Waals surface area contributed by atoms with Gasteiger partial charge in [0.25, 0.3) is 5.91 Å². The number of nitrogens with zero attached hydrogens (tertiary/aromatic N) is 1. The first-order valence-electron chi connectivity index (χ1n) is 10.6. The molecule has 0 fully saturated rings. The maximum Gasteiger partial charge on any atom is 0.337 e. The lowest BCUT2D eigenvalue weighted by Crippen LogP contribution is -2.34. The van der Waals surface area contributed by atoms with Crippen molar-refractivity contribution in [1.82, 2.24) is 5.32 Å². The normalized spacial score (nSPS) is 13.4. The van der Waals surface area contributed by atoms with Crippen LogP contribution in [0, 0.1) is 0 Å². The predicted octanol–water partition coefficient (Wildman–Crippen LogP) is 4.18. The van der Waals surface area contributed by atoms with Crippen molar-refractivity contribution in [2.45, 2.75) is 0 Å². The number of carbonyl (C=O) groups is 3. The van der Waals surface area contributed by atoms with Gasteiger partial charge in [-0.15, -0.1) is 0 Å². The van der Waals surface area contributed by atoms with E-state index in [0.717, 1.165) is 16.9 Å². The summed E-state index contributed by atoms with van der Waals surface area (Å²) in [7, 11) is 4.57. The highest BCUT2D eigenvalue weighted by molar-refractivity contribution is 6.37. The average molecular weight is 457 g/mol. The van der Waals surface area contributed by atoms with Crippen molar-refractivity contribution in [1.29, 1.82) is 0 Å². The standard InChI is InChI=1S/C26H24N4O4/c1-27-26(33)30(2)19-12-10-18(11-13-19)28-23(16-7-5-4-6-8-16)22-20-14-9-17(25(32)34-3)15-21(20)29-24(22)31/h4-15,28H,1-3H3,(H,27,33)(H,29,31). The summed E-state index contributed by atoms with van der Waals surface area (Å²) in [5.74, 6) is -0.753. The second-order valence-electron chi connectivity index (χ2n) is 7.61. The van der Waals surface area contributed by atoms with Crippen LogP contribution in [0.4, 0.5) is 21.9 Å². The fraction of sp³-hybridized carbons (Fsp3) is 0.115. The molecule has 3 aromatic carbocycles. The maximum absolute atomic E-state index is 13.1. The van der Waals surface area contributed by atoms with E-state index in [2.05, 4.69) is 16.0 Å². The van der Waals surface area contributed by atoms with E-state index in [9.17, 15) is 14.4 Å². The van der Waals surface area contributed by atoms with Crippen LogP contribution >= 0.6 is 0 Å². The smallest absolute Gasteiger partial charge is 0.337 e. The maximum atomic E-state index is 13.1. The monoisotopic (exact) mass is 456 g/mol. The van der Waals surface area contributed by atoms with Gasteiger partial charge in [0.05, 0.1) is 29.6 Å². The van der Waals surface area contributed by atoms with Crippen LogP contribution in [-0.4, -0.2) is 39.1 Å². The van der Waals surface area contributed by atoms with Gasteiger partial charge in [0, 0.05) is 31.0 Å². The lowest BCUT2D eigenvalue weighted by Gasteiger charge is -2.18. The molecule has 8 nitrogen and oxygen atoms in total. The Kier molecular flexibility index (Phi) is 6.31. The molecule has 3 aromatic rings. The second-order valence-corrected chi connectivity index (χ2v) is 7.61. The molecule has 3 amide bonds. The van der Waals surface area contributed by atoms with E-state index in [1.54, 1.807) is 32.3 Å². The minimum atomic E-state index is -0.474. The van der Waals surface area contributed by atoms with Crippen molar-refractivity contribution < 1.29 is 19.1 Å². The molecule has 0 unspecified atom stereocenters. The summed E-state index contributed by atoms with van der Waals surface area (Å²) >= 11 is 0. The van der Waals surface area contributed by atoms with Crippen molar-refractivity contribution in [3.05, 3.63) is 89.5 Å². The molecule has 1 aliphatic rings. The van der Waals surface area contributed by atoms with Crippen LogP contribution in [-0.2, 0) is 9.53 Å². The number of ether oxygens (including phenoxy) is 1. The van der Waals surface area contributed by atoms with E-state index in [0.29, 0.717) is 28.1 Å². The van der Waals surface area contributed by atoms with Crippen LogP contribution < -0.4 is 20.9 Å². The molecule has 0 bridgehead atoms. The van der Waals surface area contributed by atoms with Crippen LogP contribution in [0.2, 0.25) is 0 Å². The molecule has 0 saturated heterocycles. The molecule has 3 N–H and O–H groups in total. The van der Waals surface area contributed by atoms with Gasteiger partial charge >= 0.3 is 12.0 Å². The number of fused-ring (bicyclic) bond motifs is 1. The van der Waals surface area contributed by atoms with Crippen LogP contribution in [0.1, 0.15) is 21.5 Å². The van der Waals surface area contributed by atoms with E-state index in [4.69, 9.17) is 4.74 Å². The van der Waals surface area contributed by atoms with Gasteiger partial charge in [-0.1, -0.05) is 36.4 Å². The molecule has 0 radical (unpaired) electrons.